The van der Waals surface area contributed by atoms with Crippen molar-refractivity contribution < 1.29 is 9.53 Å². The summed E-state index contributed by atoms with van der Waals surface area (Å²) in [6.07, 6.45) is 0.792. The third kappa shape index (κ3) is 4.40. The average Bonchev–Trinajstić information content (AvgIpc) is 2.55. The smallest absolute Gasteiger partial charge is 0.319 e. The Labute approximate surface area is 135 Å². The van der Waals surface area contributed by atoms with E-state index in [2.05, 4.69) is 10.6 Å². The first-order valence-electron chi connectivity index (χ1n) is 7.09. The van der Waals surface area contributed by atoms with E-state index < -0.39 is 0 Å². The van der Waals surface area contributed by atoms with Crippen molar-refractivity contribution in [2.24, 2.45) is 0 Å². The topological polar surface area (TPSA) is 50.4 Å². The van der Waals surface area contributed by atoms with Crippen LogP contribution < -0.4 is 15.4 Å². The average molecular weight is 319 g/mol. The molecule has 0 aliphatic rings. The Bertz CT molecular complexity index is 612. The second-order valence-corrected chi connectivity index (χ2v) is 5.28. The van der Waals surface area contributed by atoms with E-state index >= 15 is 0 Å². The first-order chi connectivity index (χ1) is 10.6. The number of nitrogens with one attached hydrogen (secondary N) is 2. The summed E-state index contributed by atoms with van der Waals surface area (Å²) in [5, 5.41) is 6.39. The van der Waals surface area contributed by atoms with Gasteiger partial charge in [0.15, 0.2) is 0 Å². The maximum absolute atomic E-state index is 12.1. The van der Waals surface area contributed by atoms with Gasteiger partial charge in [-0.05, 0) is 48.4 Å². The number of ether oxygens (including phenoxy) is 1. The zero-order valence-electron chi connectivity index (χ0n) is 12.6. The number of rotatable bonds is 5. The minimum Gasteiger partial charge on any atom is -0.497 e. The molecule has 0 aliphatic carbocycles. The largest absolute Gasteiger partial charge is 0.497 e. The highest BCUT2D eigenvalue weighted by atomic mass is 35.5. The zero-order chi connectivity index (χ0) is 15.9. The van der Waals surface area contributed by atoms with Crippen LogP contribution in [0.4, 0.5) is 10.5 Å². The Kier molecular flexibility index (Phi) is 5.67. The van der Waals surface area contributed by atoms with E-state index in [-0.39, 0.29) is 12.1 Å². The lowest BCUT2D eigenvalue weighted by molar-refractivity contribution is 0.248. The molecule has 0 spiro atoms. The van der Waals surface area contributed by atoms with Crippen LogP contribution in [0.5, 0.6) is 5.75 Å². The summed E-state index contributed by atoms with van der Waals surface area (Å²) in [5.41, 5.74) is 1.74. The van der Waals surface area contributed by atoms with E-state index in [1.54, 1.807) is 31.4 Å². The van der Waals surface area contributed by atoms with E-state index in [4.69, 9.17) is 16.3 Å². The van der Waals surface area contributed by atoms with Crippen LogP contribution in [0, 0.1) is 0 Å². The molecule has 0 saturated carbocycles. The molecule has 22 heavy (non-hydrogen) atoms. The van der Waals surface area contributed by atoms with E-state index in [9.17, 15) is 4.79 Å². The van der Waals surface area contributed by atoms with Crippen LogP contribution in [-0.4, -0.2) is 13.1 Å². The lowest BCUT2D eigenvalue weighted by Crippen LogP contribution is -2.32. The molecule has 1 atom stereocenters. The maximum atomic E-state index is 12.1. The first kappa shape index (κ1) is 16.2. The Hall–Kier alpha value is -2.20. The van der Waals surface area contributed by atoms with Crippen LogP contribution in [0.15, 0.2) is 48.5 Å². The van der Waals surface area contributed by atoms with E-state index in [1.807, 2.05) is 31.2 Å². The van der Waals surface area contributed by atoms with Gasteiger partial charge in [0.05, 0.1) is 13.2 Å². The number of amides is 2. The number of hydrogen-bond acceptors (Lipinski definition) is 2. The lowest BCUT2D eigenvalue weighted by atomic mass is 10.0. The number of anilines is 1. The number of hydrogen-bond donors (Lipinski definition) is 2. The van der Waals surface area contributed by atoms with Crippen molar-refractivity contribution in [1.29, 1.82) is 0 Å². The minimum atomic E-state index is -0.245. The summed E-state index contributed by atoms with van der Waals surface area (Å²) >= 11 is 5.82. The second-order valence-electron chi connectivity index (χ2n) is 4.84. The zero-order valence-corrected chi connectivity index (χ0v) is 13.4. The molecule has 0 fully saturated rings. The molecule has 0 heterocycles. The van der Waals surface area contributed by atoms with Crippen LogP contribution in [0.3, 0.4) is 0 Å². The van der Waals surface area contributed by atoms with Gasteiger partial charge < -0.3 is 15.4 Å². The third-order valence-corrected chi connectivity index (χ3v) is 3.59. The third-order valence-electron chi connectivity index (χ3n) is 3.33. The van der Waals surface area contributed by atoms with Gasteiger partial charge in [-0.15, -0.1) is 0 Å². The van der Waals surface area contributed by atoms with Gasteiger partial charge in [0.2, 0.25) is 0 Å². The Morgan fingerprint density at radius 3 is 2.32 bits per heavy atom. The van der Waals surface area contributed by atoms with Gasteiger partial charge in [-0.1, -0.05) is 30.7 Å². The highest BCUT2D eigenvalue weighted by molar-refractivity contribution is 6.30. The molecule has 2 N–H and O–H groups in total. The SMILES string of the molecule is CC[C@H](NC(=O)Nc1ccc(Cl)cc1)c1ccc(OC)cc1. The van der Waals surface area contributed by atoms with Gasteiger partial charge in [-0.3, -0.25) is 0 Å². The fourth-order valence-electron chi connectivity index (χ4n) is 2.12. The molecule has 2 aromatic rings. The fraction of sp³-hybridized carbons (Fsp3) is 0.235. The number of benzene rings is 2. The van der Waals surface area contributed by atoms with Gasteiger partial charge >= 0.3 is 6.03 Å². The van der Waals surface area contributed by atoms with E-state index in [1.165, 1.54) is 0 Å². The summed E-state index contributed by atoms with van der Waals surface area (Å²) < 4.78 is 5.14. The number of methoxy groups -OCH3 is 1. The normalized spacial score (nSPS) is 11.6. The number of urea groups is 1. The van der Waals surface area contributed by atoms with Gasteiger partial charge in [0, 0.05) is 10.7 Å². The Morgan fingerprint density at radius 1 is 1.14 bits per heavy atom. The van der Waals surface area contributed by atoms with Crippen molar-refractivity contribution in [3.05, 3.63) is 59.1 Å². The minimum absolute atomic E-state index is 0.0572. The molecule has 5 heteroatoms. The van der Waals surface area contributed by atoms with Crippen molar-refractivity contribution in [1.82, 2.24) is 5.32 Å². The summed E-state index contributed by atoms with van der Waals surface area (Å²) in [7, 11) is 1.63. The Balaban J connectivity index is 1.99. The molecule has 0 aliphatic heterocycles. The fourth-order valence-corrected chi connectivity index (χ4v) is 2.24. The monoisotopic (exact) mass is 318 g/mol. The molecule has 0 bridgehead atoms. The predicted octanol–water partition coefficient (Wildman–Crippen LogP) is 4.62. The highest BCUT2D eigenvalue weighted by Gasteiger charge is 2.12. The van der Waals surface area contributed by atoms with Gasteiger partial charge in [0.25, 0.3) is 0 Å². The lowest BCUT2D eigenvalue weighted by Gasteiger charge is -2.18. The summed E-state index contributed by atoms with van der Waals surface area (Å²) in [6.45, 7) is 2.03. The molecule has 0 aromatic heterocycles. The molecule has 0 saturated heterocycles. The van der Waals surface area contributed by atoms with Gasteiger partial charge in [0.1, 0.15) is 5.75 Å². The van der Waals surface area contributed by atoms with Crippen LogP contribution in [0.2, 0.25) is 5.02 Å². The summed E-state index contributed by atoms with van der Waals surface area (Å²) in [4.78, 5) is 12.1. The van der Waals surface area contributed by atoms with Crippen LogP contribution in [0.1, 0.15) is 24.9 Å². The quantitative estimate of drug-likeness (QED) is 0.845. The molecular weight excluding hydrogens is 300 g/mol. The molecule has 2 rings (SSSR count). The standard InChI is InChI=1S/C17H19ClN2O2/c1-3-16(12-4-10-15(22-2)11-5-12)20-17(21)19-14-8-6-13(18)7-9-14/h4-11,16H,3H2,1-2H3,(H2,19,20,21)/t16-/m0/s1. The molecular formula is C17H19ClN2O2. The predicted molar refractivity (Wildman–Crippen MR) is 89.6 cm³/mol. The van der Waals surface area contributed by atoms with Crippen molar-refractivity contribution >= 4 is 23.3 Å². The Morgan fingerprint density at radius 2 is 1.77 bits per heavy atom. The molecule has 2 amide bonds. The van der Waals surface area contributed by atoms with Crippen molar-refractivity contribution in [2.75, 3.05) is 12.4 Å². The van der Waals surface area contributed by atoms with Crippen LogP contribution >= 0.6 is 11.6 Å². The van der Waals surface area contributed by atoms with Crippen LogP contribution in [0.25, 0.3) is 0 Å². The van der Waals surface area contributed by atoms with Crippen molar-refractivity contribution in [2.45, 2.75) is 19.4 Å². The van der Waals surface area contributed by atoms with E-state index in [0.29, 0.717) is 10.7 Å². The second kappa shape index (κ2) is 7.71. The highest BCUT2D eigenvalue weighted by Crippen LogP contribution is 2.20. The van der Waals surface area contributed by atoms with Crippen molar-refractivity contribution in [3.63, 3.8) is 0 Å². The summed E-state index contributed by atoms with van der Waals surface area (Å²) in [5.74, 6) is 0.796. The number of halogens is 1. The first-order valence-corrected chi connectivity index (χ1v) is 7.47. The number of carbonyl (C=O) groups excluding carboxylic acids is 1. The molecule has 116 valence electrons. The maximum Gasteiger partial charge on any atom is 0.319 e. The summed E-state index contributed by atoms with van der Waals surface area (Å²) in [6, 6.07) is 14.4. The molecule has 0 radical (unpaired) electrons. The molecule has 2 aromatic carbocycles. The van der Waals surface area contributed by atoms with Gasteiger partial charge in [-0.2, -0.15) is 0 Å². The molecule has 0 unspecified atom stereocenters. The number of carbonyl (C=O) groups is 1. The van der Waals surface area contributed by atoms with Crippen molar-refractivity contribution in [3.8, 4) is 5.75 Å². The molecule has 4 nitrogen and oxygen atoms in total. The van der Waals surface area contributed by atoms with Gasteiger partial charge in [-0.25, -0.2) is 4.79 Å². The van der Waals surface area contributed by atoms with E-state index in [0.717, 1.165) is 17.7 Å². The van der Waals surface area contributed by atoms with Crippen LogP contribution in [-0.2, 0) is 0 Å².